The number of amides is 3. The first-order valence-corrected chi connectivity index (χ1v) is 13.2. The van der Waals surface area contributed by atoms with Gasteiger partial charge in [0.15, 0.2) is 0 Å². The van der Waals surface area contributed by atoms with Crippen molar-refractivity contribution in [3.63, 3.8) is 0 Å². The average molecular weight is 606 g/mol. The lowest BCUT2D eigenvalue weighted by Gasteiger charge is -2.15. The van der Waals surface area contributed by atoms with Crippen molar-refractivity contribution in [2.24, 2.45) is 0 Å². The smallest absolute Gasteiger partial charge is 0.283 e. The molecule has 0 bridgehead atoms. The van der Waals surface area contributed by atoms with Crippen LogP contribution in [-0.4, -0.2) is 17.7 Å². The number of rotatable bonds is 7. The van der Waals surface area contributed by atoms with Crippen molar-refractivity contribution in [1.29, 1.82) is 0 Å². The van der Waals surface area contributed by atoms with Crippen LogP contribution < -0.4 is 15.5 Å². The van der Waals surface area contributed by atoms with E-state index in [-0.39, 0.29) is 16.3 Å². The zero-order valence-electron chi connectivity index (χ0n) is 20.0. The molecule has 0 fully saturated rings. The minimum Gasteiger partial charge on any atom is -0.350 e. The van der Waals surface area contributed by atoms with Gasteiger partial charge in [0, 0.05) is 26.3 Å². The molecule has 0 saturated carbocycles. The number of benzene rings is 4. The lowest BCUT2D eigenvalue weighted by atomic mass is 10.2. The quantitative estimate of drug-likeness (QED) is 0.222. The Morgan fingerprint density at radius 3 is 1.90 bits per heavy atom. The van der Waals surface area contributed by atoms with E-state index in [0.29, 0.717) is 21.8 Å². The Morgan fingerprint density at radius 2 is 1.28 bits per heavy atom. The summed E-state index contributed by atoms with van der Waals surface area (Å²) in [5, 5.41) is 5.79. The molecule has 0 unspecified atom stereocenters. The highest BCUT2D eigenvalue weighted by molar-refractivity contribution is 9.10. The fourth-order valence-electron chi connectivity index (χ4n) is 3.75. The molecular weight excluding hydrogens is 588 g/mol. The maximum absolute atomic E-state index is 13.5. The van der Waals surface area contributed by atoms with E-state index in [1.807, 2.05) is 0 Å². The number of nitrogens with one attached hydrogen (secondary N) is 2. The van der Waals surface area contributed by atoms with Crippen molar-refractivity contribution in [2.75, 3.05) is 15.5 Å². The molecule has 10 heteroatoms. The minimum absolute atomic E-state index is 0.0883. The molecule has 4 aromatic carbocycles. The number of anilines is 3. The van der Waals surface area contributed by atoms with E-state index < -0.39 is 29.4 Å². The van der Waals surface area contributed by atoms with Crippen LogP contribution >= 0.6 is 27.7 Å². The number of carbonyl (C=O) groups excluding carboxylic acids is 3. The monoisotopic (exact) mass is 605 g/mol. The maximum atomic E-state index is 13.5. The van der Waals surface area contributed by atoms with E-state index in [1.165, 1.54) is 48.5 Å². The summed E-state index contributed by atoms with van der Waals surface area (Å²) in [7, 11) is 0. The van der Waals surface area contributed by atoms with Gasteiger partial charge in [0.25, 0.3) is 17.7 Å². The molecule has 39 heavy (non-hydrogen) atoms. The number of halogens is 3. The maximum Gasteiger partial charge on any atom is 0.283 e. The molecule has 2 N–H and O–H groups in total. The molecule has 6 nitrogen and oxygen atoms in total. The van der Waals surface area contributed by atoms with Crippen LogP contribution in [0.4, 0.5) is 25.8 Å². The summed E-state index contributed by atoms with van der Waals surface area (Å²) in [6, 6.07) is 24.1. The fourth-order valence-corrected chi connectivity index (χ4v) is 4.94. The van der Waals surface area contributed by atoms with Gasteiger partial charge in [-0.2, -0.15) is 0 Å². The lowest BCUT2D eigenvalue weighted by molar-refractivity contribution is -0.120. The van der Waals surface area contributed by atoms with Crippen LogP contribution in [0.1, 0.15) is 10.4 Å². The van der Waals surface area contributed by atoms with Gasteiger partial charge < -0.3 is 10.6 Å². The summed E-state index contributed by atoms with van der Waals surface area (Å²) in [4.78, 5) is 41.1. The number of carbonyl (C=O) groups is 3. The average Bonchev–Trinajstić information content (AvgIpc) is 3.15. The predicted molar refractivity (Wildman–Crippen MR) is 150 cm³/mol. The number of thioether (sulfide) groups is 1. The molecular formula is C29H18BrF2N3O3S. The van der Waals surface area contributed by atoms with E-state index in [2.05, 4.69) is 26.6 Å². The van der Waals surface area contributed by atoms with Crippen molar-refractivity contribution in [3.05, 3.63) is 129 Å². The van der Waals surface area contributed by atoms with Gasteiger partial charge in [0.05, 0.1) is 5.69 Å². The predicted octanol–water partition coefficient (Wildman–Crippen LogP) is 6.97. The van der Waals surface area contributed by atoms with Crippen LogP contribution in [0, 0.1) is 11.6 Å². The van der Waals surface area contributed by atoms with Crippen molar-refractivity contribution in [1.82, 2.24) is 0 Å². The van der Waals surface area contributed by atoms with Crippen molar-refractivity contribution < 1.29 is 23.2 Å². The number of hydrogen-bond donors (Lipinski definition) is 2. The summed E-state index contributed by atoms with van der Waals surface area (Å²) in [5.41, 5.74) is 1.74. The van der Waals surface area contributed by atoms with E-state index in [0.717, 1.165) is 21.1 Å². The third kappa shape index (κ3) is 5.92. The first kappa shape index (κ1) is 26.3. The molecule has 0 aromatic heterocycles. The Bertz CT molecular complexity index is 1590. The fraction of sp³-hybridized carbons (Fsp3) is 0. The highest BCUT2D eigenvalue weighted by atomic mass is 79.9. The molecule has 4 aromatic rings. The largest absolute Gasteiger partial charge is 0.350 e. The highest BCUT2D eigenvalue weighted by Gasteiger charge is 2.40. The second kappa shape index (κ2) is 11.2. The SMILES string of the molecule is O=C(Nc1ccc(SC2=C(Nc3ccc(Br)cc3)C(=O)N(c3ccc(F)cc3)C2=O)cc1)c1ccc(F)cc1. The van der Waals surface area contributed by atoms with Gasteiger partial charge in [-0.1, -0.05) is 27.7 Å². The molecule has 0 radical (unpaired) electrons. The minimum atomic E-state index is -0.569. The van der Waals surface area contributed by atoms with Gasteiger partial charge >= 0.3 is 0 Å². The molecule has 194 valence electrons. The standard InChI is InChI=1S/C29H18BrF2N3O3S/c30-18-3-9-21(10-4-18)33-25-26(29(38)35(28(25)37)23-13-7-20(32)8-14-23)39-24-15-11-22(12-16-24)34-27(36)17-1-5-19(31)6-2-17/h1-16,33H,(H,34,36). The summed E-state index contributed by atoms with van der Waals surface area (Å²) >= 11 is 4.46. The Balaban J connectivity index is 1.40. The summed E-state index contributed by atoms with van der Waals surface area (Å²) in [6.45, 7) is 0. The number of hydrogen-bond acceptors (Lipinski definition) is 5. The summed E-state index contributed by atoms with van der Waals surface area (Å²) in [6.07, 6.45) is 0. The van der Waals surface area contributed by atoms with Crippen LogP contribution in [0.2, 0.25) is 0 Å². The Morgan fingerprint density at radius 1 is 0.718 bits per heavy atom. The summed E-state index contributed by atoms with van der Waals surface area (Å²) in [5.74, 6) is -2.44. The van der Waals surface area contributed by atoms with Crippen LogP contribution in [0.5, 0.6) is 0 Å². The van der Waals surface area contributed by atoms with Gasteiger partial charge in [-0.3, -0.25) is 14.4 Å². The zero-order chi connectivity index (χ0) is 27.5. The van der Waals surface area contributed by atoms with Crippen LogP contribution in [0.3, 0.4) is 0 Å². The second-order valence-electron chi connectivity index (χ2n) is 8.35. The second-order valence-corrected chi connectivity index (χ2v) is 10.3. The normalized spacial score (nSPS) is 13.2. The molecule has 0 saturated heterocycles. The molecule has 5 rings (SSSR count). The van der Waals surface area contributed by atoms with Gasteiger partial charge in [-0.25, -0.2) is 13.7 Å². The van der Waals surface area contributed by atoms with Crippen LogP contribution in [-0.2, 0) is 9.59 Å². The first-order valence-electron chi connectivity index (χ1n) is 11.5. The third-order valence-corrected chi connectivity index (χ3v) is 7.30. The number of nitrogens with zero attached hydrogens (tertiary/aromatic N) is 1. The zero-order valence-corrected chi connectivity index (χ0v) is 22.4. The molecule has 1 heterocycles. The molecule has 3 amide bonds. The molecule has 1 aliphatic rings. The van der Waals surface area contributed by atoms with E-state index in [4.69, 9.17) is 0 Å². The molecule has 0 aliphatic carbocycles. The number of imide groups is 1. The first-order chi connectivity index (χ1) is 18.8. The Hall–Kier alpha value is -4.28. The van der Waals surface area contributed by atoms with Gasteiger partial charge in [0.2, 0.25) is 0 Å². The molecule has 0 spiro atoms. The van der Waals surface area contributed by atoms with Gasteiger partial charge in [-0.05, 0) is 97.1 Å². The Labute approximate surface area is 234 Å². The Kier molecular flexibility index (Phi) is 7.58. The van der Waals surface area contributed by atoms with Crippen molar-refractivity contribution in [3.8, 4) is 0 Å². The lowest BCUT2D eigenvalue weighted by Crippen LogP contribution is -2.32. The van der Waals surface area contributed by atoms with E-state index in [9.17, 15) is 23.2 Å². The van der Waals surface area contributed by atoms with E-state index in [1.54, 1.807) is 48.5 Å². The third-order valence-electron chi connectivity index (χ3n) is 5.68. The summed E-state index contributed by atoms with van der Waals surface area (Å²) < 4.78 is 27.5. The van der Waals surface area contributed by atoms with Crippen molar-refractivity contribution in [2.45, 2.75) is 4.90 Å². The van der Waals surface area contributed by atoms with Crippen LogP contribution in [0.25, 0.3) is 0 Å². The molecule has 1 aliphatic heterocycles. The molecule has 0 atom stereocenters. The highest BCUT2D eigenvalue weighted by Crippen LogP contribution is 2.38. The van der Waals surface area contributed by atoms with Gasteiger partial charge in [-0.15, -0.1) is 0 Å². The van der Waals surface area contributed by atoms with Gasteiger partial charge in [0.1, 0.15) is 22.2 Å². The van der Waals surface area contributed by atoms with Crippen molar-refractivity contribution >= 4 is 62.5 Å². The van der Waals surface area contributed by atoms with E-state index >= 15 is 0 Å². The topological polar surface area (TPSA) is 78.5 Å². The van der Waals surface area contributed by atoms with Crippen LogP contribution in [0.15, 0.2) is 117 Å².